The van der Waals surface area contributed by atoms with Gasteiger partial charge in [-0.05, 0) is 28.9 Å². The highest BCUT2D eigenvalue weighted by molar-refractivity contribution is 9.10. The fourth-order valence-corrected chi connectivity index (χ4v) is 1.92. The lowest BCUT2D eigenvalue weighted by molar-refractivity contribution is 0.396. The third-order valence-corrected chi connectivity index (χ3v) is 2.64. The van der Waals surface area contributed by atoms with Gasteiger partial charge in [0.2, 0.25) is 5.88 Å². The van der Waals surface area contributed by atoms with Gasteiger partial charge < -0.3 is 9.72 Å². The molecule has 2 aromatic heterocycles. The molecule has 2 rings (SSSR count). The minimum Gasteiger partial charge on any atom is -0.480 e. The highest BCUT2D eigenvalue weighted by Crippen LogP contribution is 2.30. The summed E-state index contributed by atoms with van der Waals surface area (Å²) in [6.45, 7) is 2.01. The molecule has 13 heavy (non-hydrogen) atoms. The topological polar surface area (TPSA) is 37.9 Å². The average Bonchev–Trinajstić information content (AvgIpc) is 2.47. The molecule has 0 aliphatic carbocycles. The standard InChI is InChI=1S/C9H9BrN2O/c1-5-3-6-4-11-9(13-2)7(10)8(6)12-5/h3-4,12H,1-2H3. The predicted molar refractivity (Wildman–Crippen MR) is 55.1 cm³/mol. The molecule has 0 radical (unpaired) electrons. The van der Waals surface area contributed by atoms with Crippen LogP contribution in [0.3, 0.4) is 0 Å². The Morgan fingerprint density at radius 3 is 3.00 bits per heavy atom. The molecule has 0 saturated heterocycles. The lowest BCUT2D eigenvalue weighted by Gasteiger charge is -2.01. The van der Waals surface area contributed by atoms with Crippen molar-refractivity contribution in [3.05, 3.63) is 22.4 Å². The van der Waals surface area contributed by atoms with Gasteiger partial charge >= 0.3 is 0 Å². The van der Waals surface area contributed by atoms with Gasteiger partial charge in [-0.15, -0.1) is 0 Å². The number of aryl methyl sites for hydroxylation is 1. The summed E-state index contributed by atoms with van der Waals surface area (Å²) < 4.78 is 5.96. The Labute approximate surface area is 84.3 Å². The van der Waals surface area contributed by atoms with Crippen LogP contribution in [-0.2, 0) is 0 Å². The fourth-order valence-electron chi connectivity index (χ4n) is 1.33. The van der Waals surface area contributed by atoms with Crippen molar-refractivity contribution in [2.75, 3.05) is 7.11 Å². The van der Waals surface area contributed by atoms with Crippen LogP contribution in [0.15, 0.2) is 16.7 Å². The molecule has 3 nitrogen and oxygen atoms in total. The van der Waals surface area contributed by atoms with E-state index < -0.39 is 0 Å². The Morgan fingerprint density at radius 1 is 1.54 bits per heavy atom. The van der Waals surface area contributed by atoms with Crippen LogP contribution in [0.5, 0.6) is 5.88 Å². The number of H-pyrrole nitrogens is 1. The van der Waals surface area contributed by atoms with Crippen molar-refractivity contribution in [1.82, 2.24) is 9.97 Å². The summed E-state index contributed by atoms with van der Waals surface area (Å²) in [5.74, 6) is 0.606. The first-order valence-electron chi connectivity index (χ1n) is 3.90. The Hall–Kier alpha value is -1.03. The first-order chi connectivity index (χ1) is 6.22. The van der Waals surface area contributed by atoms with Gasteiger partial charge in [0, 0.05) is 17.3 Å². The zero-order chi connectivity index (χ0) is 9.42. The number of aromatic amines is 1. The van der Waals surface area contributed by atoms with Crippen molar-refractivity contribution >= 4 is 26.8 Å². The van der Waals surface area contributed by atoms with Crippen LogP contribution in [0, 0.1) is 6.92 Å². The maximum atomic E-state index is 5.08. The average molecular weight is 241 g/mol. The number of aromatic nitrogens is 2. The van der Waals surface area contributed by atoms with E-state index in [-0.39, 0.29) is 0 Å². The summed E-state index contributed by atoms with van der Waals surface area (Å²) >= 11 is 3.44. The van der Waals surface area contributed by atoms with Gasteiger partial charge in [0.05, 0.1) is 12.6 Å². The van der Waals surface area contributed by atoms with Crippen molar-refractivity contribution in [1.29, 1.82) is 0 Å². The molecule has 68 valence electrons. The first-order valence-corrected chi connectivity index (χ1v) is 4.69. The van der Waals surface area contributed by atoms with Gasteiger partial charge in [-0.3, -0.25) is 0 Å². The molecule has 2 aromatic rings. The largest absolute Gasteiger partial charge is 0.480 e. The number of pyridine rings is 1. The zero-order valence-electron chi connectivity index (χ0n) is 7.39. The summed E-state index contributed by atoms with van der Waals surface area (Å²) in [4.78, 5) is 7.38. The normalized spacial score (nSPS) is 10.7. The Bertz CT molecular complexity index is 450. The van der Waals surface area contributed by atoms with Gasteiger partial charge in [-0.2, -0.15) is 0 Å². The zero-order valence-corrected chi connectivity index (χ0v) is 8.97. The number of nitrogens with zero attached hydrogens (tertiary/aromatic N) is 1. The molecule has 0 amide bonds. The molecule has 0 aliphatic heterocycles. The van der Waals surface area contributed by atoms with Crippen LogP contribution in [0.4, 0.5) is 0 Å². The van der Waals surface area contributed by atoms with Crippen molar-refractivity contribution in [2.45, 2.75) is 6.92 Å². The number of rotatable bonds is 1. The second-order valence-corrected chi connectivity index (χ2v) is 3.66. The molecule has 1 N–H and O–H groups in total. The maximum Gasteiger partial charge on any atom is 0.229 e. The summed E-state index contributed by atoms with van der Waals surface area (Å²) in [6, 6.07) is 2.05. The molecule has 0 spiro atoms. The van der Waals surface area contributed by atoms with Crippen molar-refractivity contribution < 1.29 is 4.74 Å². The van der Waals surface area contributed by atoms with E-state index in [1.807, 2.05) is 13.0 Å². The molecule has 0 aliphatic rings. The van der Waals surface area contributed by atoms with Crippen LogP contribution in [0.25, 0.3) is 10.9 Å². The lowest BCUT2D eigenvalue weighted by Crippen LogP contribution is -1.88. The molecule has 0 atom stereocenters. The van der Waals surface area contributed by atoms with E-state index in [9.17, 15) is 0 Å². The summed E-state index contributed by atoms with van der Waals surface area (Å²) in [7, 11) is 1.61. The number of halogens is 1. The monoisotopic (exact) mass is 240 g/mol. The third-order valence-electron chi connectivity index (χ3n) is 1.90. The van der Waals surface area contributed by atoms with E-state index in [0.29, 0.717) is 5.88 Å². The number of hydrogen-bond donors (Lipinski definition) is 1. The smallest absolute Gasteiger partial charge is 0.229 e. The Balaban J connectivity index is 2.78. The van der Waals surface area contributed by atoms with Crippen molar-refractivity contribution in [3.8, 4) is 5.88 Å². The Kier molecular flexibility index (Phi) is 2.00. The van der Waals surface area contributed by atoms with Gasteiger partial charge in [0.15, 0.2) is 0 Å². The number of ether oxygens (including phenoxy) is 1. The predicted octanol–water partition coefficient (Wildman–Crippen LogP) is 2.64. The van der Waals surface area contributed by atoms with E-state index in [4.69, 9.17) is 4.74 Å². The molecule has 0 unspecified atom stereocenters. The van der Waals surface area contributed by atoms with Crippen molar-refractivity contribution in [2.24, 2.45) is 0 Å². The van der Waals surface area contributed by atoms with E-state index in [2.05, 4.69) is 25.9 Å². The molecule has 0 bridgehead atoms. The molecule has 4 heteroatoms. The third kappa shape index (κ3) is 1.31. The van der Waals surface area contributed by atoms with Crippen LogP contribution in [0.2, 0.25) is 0 Å². The highest BCUT2D eigenvalue weighted by atomic mass is 79.9. The summed E-state index contributed by atoms with van der Waals surface area (Å²) in [5, 5.41) is 1.09. The SMILES string of the molecule is COc1ncc2cc(C)[nH]c2c1Br. The number of hydrogen-bond acceptors (Lipinski definition) is 2. The summed E-state index contributed by atoms with van der Waals surface area (Å²) in [6.07, 6.45) is 1.79. The van der Waals surface area contributed by atoms with Gasteiger partial charge in [-0.25, -0.2) is 4.98 Å². The molecular formula is C9H9BrN2O. The molecule has 0 saturated carbocycles. The quantitative estimate of drug-likeness (QED) is 0.833. The second-order valence-electron chi connectivity index (χ2n) is 2.86. The van der Waals surface area contributed by atoms with Gasteiger partial charge in [-0.1, -0.05) is 0 Å². The van der Waals surface area contributed by atoms with E-state index >= 15 is 0 Å². The number of methoxy groups -OCH3 is 1. The van der Waals surface area contributed by atoms with Crippen LogP contribution < -0.4 is 4.74 Å². The van der Waals surface area contributed by atoms with E-state index in [1.54, 1.807) is 13.3 Å². The number of fused-ring (bicyclic) bond motifs is 1. The molecular weight excluding hydrogens is 232 g/mol. The minimum atomic E-state index is 0.606. The van der Waals surface area contributed by atoms with Gasteiger partial charge in [0.25, 0.3) is 0 Å². The van der Waals surface area contributed by atoms with Gasteiger partial charge in [0.1, 0.15) is 4.47 Å². The van der Waals surface area contributed by atoms with Crippen molar-refractivity contribution in [3.63, 3.8) is 0 Å². The number of nitrogens with one attached hydrogen (secondary N) is 1. The fraction of sp³-hybridized carbons (Fsp3) is 0.222. The highest BCUT2D eigenvalue weighted by Gasteiger charge is 2.08. The van der Waals surface area contributed by atoms with Crippen LogP contribution in [0.1, 0.15) is 5.69 Å². The minimum absolute atomic E-state index is 0.606. The first kappa shape index (κ1) is 8.56. The van der Waals surface area contributed by atoms with E-state index in [1.165, 1.54) is 0 Å². The maximum absolute atomic E-state index is 5.08. The Morgan fingerprint density at radius 2 is 2.31 bits per heavy atom. The van der Waals surface area contributed by atoms with E-state index in [0.717, 1.165) is 21.1 Å². The van der Waals surface area contributed by atoms with Crippen LogP contribution in [-0.4, -0.2) is 17.1 Å². The molecule has 2 heterocycles. The van der Waals surface area contributed by atoms with Crippen LogP contribution >= 0.6 is 15.9 Å². The molecule has 0 fully saturated rings. The lowest BCUT2D eigenvalue weighted by atomic mass is 10.3. The summed E-state index contributed by atoms with van der Waals surface area (Å²) in [5.41, 5.74) is 2.15. The second kappa shape index (κ2) is 3.03. The molecule has 0 aromatic carbocycles.